The quantitative estimate of drug-likeness (QED) is 0.508. The first-order valence-electron chi connectivity index (χ1n) is 11.5. The summed E-state index contributed by atoms with van der Waals surface area (Å²) in [6.45, 7) is 3.75. The average Bonchev–Trinajstić information content (AvgIpc) is 2.88. The molecule has 0 radical (unpaired) electrons. The number of piperidine rings is 1. The fourth-order valence-corrected chi connectivity index (χ4v) is 4.99. The zero-order chi connectivity index (χ0) is 23.3. The van der Waals surface area contributed by atoms with E-state index in [2.05, 4.69) is 66.0 Å². The molecule has 1 amide bonds. The number of primary amides is 1. The molecule has 3 aromatic rings. The molecular weight excluding hydrogens is 408 g/mol. The number of benzene rings is 3. The Morgan fingerprint density at radius 1 is 0.970 bits per heavy atom. The van der Waals surface area contributed by atoms with E-state index in [-0.39, 0.29) is 17.7 Å². The van der Waals surface area contributed by atoms with Crippen LogP contribution in [-0.4, -0.2) is 26.1 Å². The lowest BCUT2D eigenvalue weighted by Gasteiger charge is -2.43. The number of hydrogen-bond donors (Lipinski definition) is 2. The van der Waals surface area contributed by atoms with Gasteiger partial charge in [0.15, 0.2) is 0 Å². The van der Waals surface area contributed by atoms with Gasteiger partial charge in [0, 0.05) is 12.5 Å². The van der Waals surface area contributed by atoms with E-state index in [9.17, 15) is 4.79 Å². The Bertz CT molecular complexity index is 1090. The Balaban J connectivity index is 1.60. The van der Waals surface area contributed by atoms with E-state index >= 15 is 0 Å². The fourth-order valence-electron chi connectivity index (χ4n) is 4.99. The van der Waals surface area contributed by atoms with Crippen molar-refractivity contribution in [3.05, 3.63) is 101 Å². The molecule has 3 unspecified atom stereocenters. The number of methoxy groups -OCH3 is 1. The Labute approximate surface area is 196 Å². The fraction of sp³-hybridized carbons (Fsp3) is 0.276. The van der Waals surface area contributed by atoms with Gasteiger partial charge in [-0.1, -0.05) is 78.9 Å². The van der Waals surface area contributed by atoms with Crippen LogP contribution >= 0.6 is 0 Å². The molecule has 1 aliphatic rings. The zero-order valence-electron chi connectivity index (χ0n) is 19.3. The maximum Gasteiger partial charge on any atom is 0.228 e. The van der Waals surface area contributed by atoms with Gasteiger partial charge in [0.1, 0.15) is 5.75 Å². The summed E-state index contributed by atoms with van der Waals surface area (Å²) in [7, 11) is 1.66. The predicted octanol–water partition coefficient (Wildman–Crippen LogP) is 5.00. The SMILES string of the molecule is COc1ccc(C=Cc2ccc(C(C)(C(N)=O)C3CCNCC3c3ccccc3)cc2)cc1. The van der Waals surface area contributed by atoms with Crippen molar-refractivity contribution in [1.29, 1.82) is 0 Å². The molecule has 1 aliphatic heterocycles. The first-order chi connectivity index (χ1) is 16.0. The van der Waals surface area contributed by atoms with Crippen molar-refractivity contribution in [3.8, 4) is 5.75 Å². The molecule has 3 atom stereocenters. The maximum atomic E-state index is 12.9. The van der Waals surface area contributed by atoms with Crippen LogP contribution in [0, 0.1) is 5.92 Å². The molecule has 0 saturated carbocycles. The number of carbonyl (C=O) groups excluding carboxylic acids is 1. The normalized spacial score (nSPS) is 20.3. The molecule has 4 heteroatoms. The molecule has 33 heavy (non-hydrogen) atoms. The van der Waals surface area contributed by atoms with Crippen LogP contribution in [0.2, 0.25) is 0 Å². The van der Waals surface area contributed by atoms with E-state index in [0.717, 1.165) is 42.0 Å². The summed E-state index contributed by atoms with van der Waals surface area (Å²) in [6.07, 6.45) is 5.04. The molecule has 3 N–H and O–H groups in total. The first-order valence-corrected chi connectivity index (χ1v) is 11.5. The van der Waals surface area contributed by atoms with Crippen molar-refractivity contribution in [2.24, 2.45) is 11.7 Å². The molecule has 4 nitrogen and oxygen atoms in total. The van der Waals surface area contributed by atoms with Crippen molar-refractivity contribution in [2.45, 2.75) is 24.7 Å². The van der Waals surface area contributed by atoms with Gasteiger partial charge < -0.3 is 15.8 Å². The van der Waals surface area contributed by atoms with Gasteiger partial charge in [-0.3, -0.25) is 4.79 Å². The molecule has 1 fully saturated rings. The molecular formula is C29H32N2O2. The third-order valence-corrected chi connectivity index (χ3v) is 7.06. The molecule has 1 heterocycles. The molecule has 170 valence electrons. The molecule has 0 aliphatic carbocycles. The summed E-state index contributed by atoms with van der Waals surface area (Å²) in [4.78, 5) is 12.9. The van der Waals surface area contributed by atoms with E-state index < -0.39 is 5.41 Å². The van der Waals surface area contributed by atoms with Crippen LogP contribution in [0.5, 0.6) is 5.75 Å². The van der Waals surface area contributed by atoms with Gasteiger partial charge in [0.05, 0.1) is 12.5 Å². The van der Waals surface area contributed by atoms with Crippen LogP contribution < -0.4 is 15.8 Å². The second-order valence-electron chi connectivity index (χ2n) is 8.91. The third-order valence-electron chi connectivity index (χ3n) is 7.06. The molecule has 3 aromatic carbocycles. The van der Waals surface area contributed by atoms with Gasteiger partial charge >= 0.3 is 0 Å². The van der Waals surface area contributed by atoms with E-state index in [1.165, 1.54) is 5.56 Å². The lowest BCUT2D eigenvalue weighted by molar-refractivity contribution is -0.125. The van der Waals surface area contributed by atoms with Gasteiger partial charge in [-0.05, 0) is 60.2 Å². The summed E-state index contributed by atoms with van der Waals surface area (Å²) in [5.41, 5.74) is 9.74. The summed E-state index contributed by atoms with van der Waals surface area (Å²) in [5.74, 6) is 0.928. The highest BCUT2D eigenvalue weighted by molar-refractivity contribution is 5.87. The molecule has 0 aromatic heterocycles. The van der Waals surface area contributed by atoms with Crippen LogP contribution in [0.15, 0.2) is 78.9 Å². The topological polar surface area (TPSA) is 64.3 Å². The van der Waals surface area contributed by atoms with Crippen molar-refractivity contribution in [3.63, 3.8) is 0 Å². The average molecular weight is 441 g/mol. The second kappa shape index (κ2) is 10.1. The minimum absolute atomic E-state index is 0.124. The highest BCUT2D eigenvalue weighted by atomic mass is 16.5. The Morgan fingerprint density at radius 3 is 2.15 bits per heavy atom. The monoisotopic (exact) mass is 440 g/mol. The first kappa shape index (κ1) is 22.8. The van der Waals surface area contributed by atoms with Crippen molar-refractivity contribution in [1.82, 2.24) is 5.32 Å². The number of nitrogens with one attached hydrogen (secondary N) is 1. The maximum absolute atomic E-state index is 12.9. The van der Waals surface area contributed by atoms with Gasteiger partial charge in [-0.15, -0.1) is 0 Å². The third kappa shape index (κ3) is 4.86. The van der Waals surface area contributed by atoms with E-state index in [0.29, 0.717) is 0 Å². The van der Waals surface area contributed by atoms with E-state index in [4.69, 9.17) is 10.5 Å². The van der Waals surface area contributed by atoms with Crippen molar-refractivity contribution in [2.75, 3.05) is 20.2 Å². The summed E-state index contributed by atoms with van der Waals surface area (Å²) < 4.78 is 5.22. The van der Waals surface area contributed by atoms with Crippen molar-refractivity contribution >= 4 is 18.1 Å². The van der Waals surface area contributed by atoms with Crippen LogP contribution in [0.3, 0.4) is 0 Å². The highest BCUT2D eigenvalue weighted by Gasteiger charge is 2.46. The van der Waals surface area contributed by atoms with Crippen LogP contribution in [0.1, 0.15) is 41.5 Å². The zero-order valence-corrected chi connectivity index (χ0v) is 19.3. The number of nitrogens with two attached hydrogens (primary N) is 1. The smallest absolute Gasteiger partial charge is 0.228 e. The standard InChI is InChI=1S/C29H32N2O2/c1-29(28(30)32,27-18-19-31-20-26(27)23-6-4-3-5-7-23)24-14-10-21(11-15-24)8-9-22-12-16-25(33-2)17-13-22/h3-17,26-27,31H,18-20H2,1-2H3,(H2,30,32). The largest absolute Gasteiger partial charge is 0.497 e. The van der Waals surface area contributed by atoms with Gasteiger partial charge in [-0.2, -0.15) is 0 Å². The van der Waals surface area contributed by atoms with E-state index in [1.807, 2.05) is 37.3 Å². The summed E-state index contributed by atoms with van der Waals surface area (Å²) in [5, 5.41) is 3.51. The minimum atomic E-state index is -0.749. The van der Waals surface area contributed by atoms with Crippen LogP contribution in [0.25, 0.3) is 12.2 Å². The molecule has 0 bridgehead atoms. The van der Waals surface area contributed by atoms with Crippen LogP contribution in [-0.2, 0) is 10.2 Å². The number of ether oxygens (including phenoxy) is 1. The highest BCUT2D eigenvalue weighted by Crippen LogP contribution is 2.44. The van der Waals surface area contributed by atoms with Gasteiger partial charge in [0.25, 0.3) is 0 Å². The van der Waals surface area contributed by atoms with Crippen LogP contribution in [0.4, 0.5) is 0 Å². The number of hydrogen-bond acceptors (Lipinski definition) is 3. The summed E-state index contributed by atoms with van der Waals surface area (Å²) >= 11 is 0. The lowest BCUT2D eigenvalue weighted by Crippen LogP contribution is -2.51. The number of carbonyl (C=O) groups is 1. The van der Waals surface area contributed by atoms with Gasteiger partial charge in [-0.25, -0.2) is 0 Å². The van der Waals surface area contributed by atoms with E-state index in [1.54, 1.807) is 7.11 Å². The Hall–Kier alpha value is -3.37. The Morgan fingerprint density at radius 2 is 1.58 bits per heavy atom. The lowest BCUT2D eigenvalue weighted by atomic mass is 9.62. The molecule has 0 spiro atoms. The molecule has 4 rings (SSSR count). The number of rotatable bonds is 7. The summed E-state index contributed by atoms with van der Waals surface area (Å²) in [6, 6.07) is 26.6. The van der Waals surface area contributed by atoms with Crippen molar-refractivity contribution < 1.29 is 9.53 Å². The van der Waals surface area contributed by atoms with Gasteiger partial charge in [0.2, 0.25) is 5.91 Å². The second-order valence-corrected chi connectivity index (χ2v) is 8.91. The number of amides is 1. The Kier molecular flexibility index (Phi) is 6.95. The molecule has 1 saturated heterocycles. The predicted molar refractivity (Wildman–Crippen MR) is 135 cm³/mol. The minimum Gasteiger partial charge on any atom is -0.497 e.